The van der Waals surface area contributed by atoms with Crippen molar-refractivity contribution in [1.82, 2.24) is 25.1 Å². The van der Waals surface area contributed by atoms with Gasteiger partial charge in [-0.3, -0.25) is 4.90 Å². The molecule has 2 heterocycles. The highest BCUT2D eigenvalue weighted by molar-refractivity contribution is 5.37. The van der Waals surface area contributed by atoms with Crippen molar-refractivity contribution in [2.24, 2.45) is 0 Å². The summed E-state index contributed by atoms with van der Waals surface area (Å²) in [5, 5.41) is 22.0. The average molecular weight is 401 g/mol. The van der Waals surface area contributed by atoms with Gasteiger partial charge in [-0.25, -0.2) is 8.78 Å². The Hall–Kier alpha value is -2.91. The first kappa shape index (κ1) is 19.4. The van der Waals surface area contributed by atoms with E-state index in [1.54, 1.807) is 11.8 Å². The van der Waals surface area contributed by atoms with Gasteiger partial charge >= 0.3 is 0 Å². The number of methoxy groups -OCH3 is 1. The third kappa shape index (κ3) is 3.83. The van der Waals surface area contributed by atoms with E-state index in [0.29, 0.717) is 17.8 Å². The number of benzene rings is 2. The predicted octanol–water partition coefficient (Wildman–Crippen LogP) is 2.65. The normalized spacial score (nSPS) is 19.6. The zero-order chi connectivity index (χ0) is 20.4. The highest BCUT2D eigenvalue weighted by Crippen LogP contribution is 2.37. The number of ether oxygens (including phenoxy) is 1. The van der Waals surface area contributed by atoms with Crippen molar-refractivity contribution in [3.05, 3.63) is 65.5 Å². The monoisotopic (exact) mass is 401 g/mol. The SMILES string of the molecule is COc1ccc(-n2nnnc2[C@@H]2CC[C@@H](CO)N2Cc2ccc(F)cc2F)cc1. The van der Waals surface area contributed by atoms with Gasteiger partial charge in [-0.1, -0.05) is 6.07 Å². The molecule has 152 valence electrons. The highest BCUT2D eigenvalue weighted by Gasteiger charge is 2.37. The van der Waals surface area contributed by atoms with Crippen LogP contribution in [0.4, 0.5) is 8.78 Å². The van der Waals surface area contributed by atoms with Crippen LogP contribution in [0.3, 0.4) is 0 Å². The fourth-order valence-corrected chi connectivity index (χ4v) is 3.80. The number of nitrogens with zero attached hydrogens (tertiary/aromatic N) is 5. The maximum absolute atomic E-state index is 14.2. The first-order valence-electron chi connectivity index (χ1n) is 9.34. The maximum atomic E-state index is 14.2. The van der Waals surface area contributed by atoms with E-state index in [-0.39, 0.29) is 25.2 Å². The van der Waals surface area contributed by atoms with E-state index in [0.717, 1.165) is 23.9 Å². The summed E-state index contributed by atoms with van der Waals surface area (Å²) in [6.07, 6.45) is 1.43. The fraction of sp³-hybridized carbons (Fsp3) is 0.350. The van der Waals surface area contributed by atoms with Crippen molar-refractivity contribution in [3.63, 3.8) is 0 Å². The van der Waals surface area contributed by atoms with Gasteiger partial charge in [0.15, 0.2) is 5.82 Å². The third-order valence-corrected chi connectivity index (χ3v) is 5.33. The van der Waals surface area contributed by atoms with E-state index in [4.69, 9.17) is 4.74 Å². The molecule has 1 N–H and O–H groups in total. The number of aromatic nitrogens is 4. The second kappa shape index (κ2) is 8.22. The van der Waals surface area contributed by atoms with Crippen LogP contribution in [-0.2, 0) is 6.54 Å². The smallest absolute Gasteiger partial charge is 0.173 e. The van der Waals surface area contributed by atoms with E-state index in [2.05, 4.69) is 15.5 Å². The molecule has 1 aromatic heterocycles. The molecule has 29 heavy (non-hydrogen) atoms. The number of tetrazole rings is 1. The van der Waals surface area contributed by atoms with Crippen LogP contribution >= 0.6 is 0 Å². The fourth-order valence-electron chi connectivity index (χ4n) is 3.80. The second-order valence-electron chi connectivity index (χ2n) is 6.98. The van der Waals surface area contributed by atoms with E-state index >= 15 is 0 Å². The summed E-state index contributed by atoms with van der Waals surface area (Å²) >= 11 is 0. The van der Waals surface area contributed by atoms with Crippen LogP contribution in [0.2, 0.25) is 0 Å². The lowest BCUT2D eigenvalue weighted by molar-refractivity contribution is 0.117. The molecule has 2 aromatic carbocycles. The molecule has 1 fully saturated rings. The topological polar surface area (TPSA) is 76.3 Å². The second-order valence-corrected chi connectivity index (χ2v) is 6.98. The first-order chi connectivity index (χ1) is 14.1. The number of aliphatic hydroxyl groups is 1. The number of hydrogen-bond donors (Lipinski definition) is 1. The van der Waals surface area contributed by atoms with Crippen molar-refractivity contribution in [1.29, 1.82) is 0 Å². The summed E-state index contributed by atoms with van der Waals surface area (Å²) in [5.41, 5.74) is 1.13. The van der Waals surface area contributed by atoms with Gasteiger partial charge in [0, 0.05) is 24.2 Å². The van der Waals surface area contributed by atoms with Gasteiger partial charge in [-0.2, -0.15) is 4.68 Å². The summed E-state index contributed by atoms with van der Waals surface area (Å²) in [4.78, 5) is 1.97. The zero-order valence-corrected chi connectivity index (χ0v) is 15.9. The Kier molecular flexibility index (Phi) is 5.50. The van der Waals surface area contributed by atoms with Crippen molar-refractivity contribution < 1.29 is 18.6 Å². The van der Waals surface area contributed by atoms with Gasteiger partial charge in [-0.05, 0) is 53.6 Å². The Morgan fingerprint density at radius 3 is 2.62 bits per heavy atom. The minimum Gasteiger partial charge on any atom is -0.497 e. The number of likely N-dealkylation sites (tertiary alicyclic amines) is 1. The summed E-state index contributed by atoms with van der Waals surface area (Å²) < 4.78 is 34.3. The minimum absolute atomic E-state index is 0.0661. The number of halogens is 2. The molecule has 0 bridgehead atoms. The van der Waals surface area contributed by atoms with Gasteiger partial charge in [0.2, 0.25) is 0 Å². The quantitative estimate of drug-likeness (QED) is 0.684. The lowest BCUT2D eigenvalue weighted by atomic mass is 10.1. The molecule has 1 saturated heterocycles. The van der Waals surface area contributed by atoms with Crippen LogP contribution in [0.25, 0.3) is 5.69 Å². The van der Waals surface area contributed by atoms with Crippen molar-refractivity contribution in [2.75, 3.05) is 13.7 Å². The van der Waals surface area contributed by atoms with Gasteiger partial charge in [-0.15, -0.1) is 5.10 Å². The molecule has 2 atom stereocenters. The molecule has 0 amide bonds. The minimum atomic E-state index is -0.619. The highest BCUT2D eigenvalue weighted by atomic mass is 19.1. The average Bonchev–Trinajstić information content (AvgIpc) is 3.36. The molecule has 0 radical (unpaired) electrons. The molecule has 1 aliphatic heterocycles. The molecule has 1 aliphatic rings. The summed E-state index contributed by atoms with van der Waals surface area (Å²) in [6, 6.07) is 10.5. The van der Waals surface area contributed by atoms with Crippen molar-refractivity contribution >= 4 is 0 Å². The lowest BCUT2D eigenvalue weighted by Gasteiger charge is -2.28. The Morgan fingerprint density at radius 2 is 1.93 bits per heavy atom. The Balaban J connectivity index is 1.65. The predicted molar refractivity (Wildman–Crippen MR) is 100 cm³/mol. The van der Waals surface area contributed by atoms with Crippen LogP contribution in [-0.4, -0.2) is 50.0 Å². The molecular weight excluding hydrogens is 380 g/mol. The lowest BCUT2D eigenvalue weighted by Crippen LogP contribution is -2.35. The van der Waals surface area contributed by atoms with E-state index in [9.17, 15) is 13.9 Å². The molecule has 4 rings (SSSR count). The molecule has 0 aliphatic carbocycles. The summed E-state index contributed by atoms with van der Waals surface area (Å²) in [6.45, 7) is 0.154. The van der Waals surface area contributed by atoms with Crippen LogP contribution in [0.15, 0.2) is 42.5 Å². The van der Waals surface area contributed by atoms with E-state index in [1.165, 1.54) is 12.1 Å². The Labute approximate surface area is 166 Å². The Morgan fingerprint density at radius 1 is 1.14 bits per heavy atom. The molecular formula is C20H21F2N5O2. The van der Waals surface area contributed by atoms with Gasteiger partial charge in [0.25, 0.3) is 0 Å². The standard InChI is InChI=1S/C20H21F2N5O2/c1-29-17-7-4-15(5-8-17)27-20(23-24-25-27)19-9-6-16(12-28)26(19)11-13-2-3-14(21)10-18(13)22/h2-5,7-8,10,16,19,28H,6,9,11-12H2,1H3/t16-,19-/m0/s1. The molecule has 0 spiro atoms. The van der Waals surface area contributed by atoms with Crippen molar-refractivity contribution in [2.45, 2.75) is 31.5 Å². The molecule has 9 heteroatoms. The molecule has 7 nitrogen and oxygen atoms in total. The largest absolute Gasteiger partial charge is 0.497 e. The molecule has 3 aromatic rings. The van der Waals surface area contributed by atoms with Gasteiger partial charge < -0.3 is 9.84 Å². The number of aliphatic hydroxyl groups excluding tert-OH is 1. The zero-order valence-electron chi connectivity index (χ0n) is 15.9. The van der Waals surface area contributed by atoms with Crippen LogP contribution in [0, 0.1) is 11.6 Å². The van der Waals surface area contributed by atoms with Crippen molar-refractivity contribution in [3.8, 4) is 11.4 Å². The molecule has 0 saturated carbocycles. The number of rotatable bonds is 6. The van der Waals surface area contributed by atoms with Gasteiger partial charge in [0.05, 0.1) is 25.4 Å². The first-order valence-corrected chi connectivity index (χ1v) is 9.34. The van der Waals surface area contributed by atoms with E-state index in [1.807, 2.05) is 29.2 Å². The molecule has 0 unspecified atom stereocenters. The van der Waals surface area contributed by atoms with Gasteiger partial charge in [0.1, 0.15) is 17.4 Å². The maximum Gasteiger partial charge on any atom is 0.173 e. The Bertz CT molecular complexity index is 979. The van der Waals surface area contributed by atoms with E-state index < -0.39 is 11.6 Å². The van der Waals surface area contributed by atoms with Crippen LogP contribution in [0.1, 0.15) is 30.3 Å². The third-order valence-electron chi connectivity index (χ3n) is 5.33. The van der Waals surface area contributed by atoms with Crippen LogP contribution < -0.4 is 4.74 Å². The summed E-state index contributed by atoms with van der Waals surface area (Å²) in [5.74, 6) is 0.0973. The number of hydrogen-bond acceptors (Lipinski definition) is 6. The summed E-state index contributed by atoms with van der Waals surface area (Å²) in [7, 11) is 1.59. The van der Waals surface area contributed by atoms with Crippen LogP contribution in [0.5, 0.6) is 5.75 Å².